The molecule has 8 heteroatoms. The van der Waals surface area contributed by atoms with Crippen molar-refractivity contribution in [2.45, 2.75) is 24.7 Å². The molecule has 0 radical (unpaired) electrons. The fourth-order valence-electron chi connectivity index (χ4n) is 2.96. The largest absolute Gasteiger partial charge is 0.484 e. The van der Waals surface area contributed by atoms with E-state index in [1.54, 1.807) is 36.4 Å². The van der Waals surface area contributed by atoms with Gasteiger partial charge in [0.15, 0.2) is 6.61 Å². The number of piperidine rings is 1. The number of nitrogens with one attached hydrogen (secondary N) is 1. The number of anilines is 1. The first-order chi connectivity index (χ1) is 13.3. The molecular formula is C20H23ClN2O4S. The first kappa shape index (κ1) is 20.6. The number of halogens is 1. The molecule has 1 N–H and O–H groups in total. The van der Waals surface area contributed by atoms with Crippen molar-refractivity contribution in [2.24, 2.45) is 5.92 Å². The first-order valence-electron chi connectivity index (χ1n) is 9.13. The molecule has 1 fully saturated rings. The van der Waals surface area contributed by atoms with Crippen LogP contribution < -0.4 is 10.1 Å². The Morgan fingerprint density at radius 2 is 1.71 bits per heavy atom. The van der Waals surface area contributed by atoms with Crippen LogP contribution in [0.15, 0.2) is 53.4 Å². The van der Waals surface area contributed by atoms with E-state index in [4.69, 9.17) is 16.3 Å². The van der Waals surface area contributed by atoms with Gasteiger partial charge in [0.2, 0.25) is 10.0 Å². The van der Waals surface area contributed by atoms with Crippen molar-refractivity contribution in [1.29, 1.82) is 0 Å². The van der Waals surface area contributed by atoms with Crippen LogP contribution in [0.1, 0.15) is 19.8 Å². The zero-order chi connectivity index (χ0) is 20.1. The van der Waals surface area contributed by atoms with Gasteiger partial charge in [0.25, 0.3) is 5.91 Å². The summed E-state index contributed by atoms with van der Waals surface area (Å²) in [6.07, 6.45) is 1.75. The van der Waals surface area contributed by atoms with E-state index in [0.717, 1.165) is 12.8 Å². The van der Waals surface area contributed by atoms with E-state index in [9.17, 15) is 13.2 Å². The molecule has 1 heterocycles. The Morgan fingerprint density at radius 3 is 2.32 bits per heavy atom. The van der Waals surface area contributed by atoms with Gasteiger partial charge in [-0.05, 0) is 67.3 Å². The molecule has 0 unspecified atom stereocenters. The molecule has 1 aliphatic rings. The van der Waals surface area contributed by atoms with Gasteiger partial charge >= 0.3 is 0 Å². The maximum absolute atomic E-state index is 12.7. The third-order valence-electron chi connectivity index (χ3n) is 4.70. The summed E-state index contributed by atoms with van der Waals surface area (Å²) in [5.74, 6) is 0.756. The zero-order valence-electron chi connectivity index (χ0n) is 15.6. The van der Waals surface area contributed by atoms with E-state index >= 15 is 0 Å². The lowest BCUT2D eigenvalue weighted by Crippen LogP contribution is -2.37. The van der Waals surface area contributed by atoms with Crippen LogP contribution in [0.5, 0.6) is 5.75 Å². The number of nitrogens with zero attached hydrogens (tertiary/aromatic N) is 1. The summed E-state index contributed by atoms with van der Waals surface area (Å²) in [5.41, 5.74) is 0.510. The lowest BCUT2D eigenvalue weighted by atomic mass is 10.0. The van der Waals surface area contributed by atoms with Gasteiger partial charge in [0.1, 0.15) is 5.75 Å². The molecule has 28 heavy (non-hydrogen) atoms. The van der Waals surface area contributed by atoms with Crippen LogP contribution in [0.2, 0.25) is 5.02 Å². The average molecular weight is 423 g/mol. The molecule has 2 aromatic carbocycles. The van der Waals surface area contributed by atoms with Gasteiger partial charge in [-0.15, -0.1) is 0 Å². The summed E-state index contributed by atoms with van der Waals surface area (Å²) in [6, 6.07) is 12.9. The van der Waals surface area contributed by atoms with Crippen LogP contribution in [0, 0.1) is 5.92 Å². The molecule has 1 aliphatic heterocycles. The number of carbonyl (C=O) groups excluding carboxylic acids is 1. The Hall–Kier alpha value is -2.09. The van der Waals surface area contributed by atoms with Gasteiger partial charge in [-0.3, -0.25) is 4.79 Å². The van der Waals surface area contributed by atoms with E-state index in [1.807, 2.05) is 0 Å². The monoisotopic (exact) mass is 422 g/mol. The topological polar surface area (TPSA) is 75.7 Å². The minimum atomic E-state index is -3.50. The third-order valence-corrected chi connectivity index (χ3v) is 6.87. The van der Waals surface area contributed by atoms with E-state index < -0.39 is 10.0 Å². The van der Waals surface area contributed by atoms with Crippen molar-refractivity contribution in [2.75, 3.05) is 25.0 Å². The maximum Gasteiger partial charge on any atom is 0.262 e. The van der Waals surface area contributed by atoms with Crippen LogP contribution in [-0.2, 0) is 14.8 Å². The predicted octanol–water partition coefficient (Wildman–Crippen LogP) is 3.78. The number of hydrogen-bond donors (Lipinski definition) is 1. The number of rotatable bonds is 6. The van der Waals surface area contributed by atoms with Crippen molar-refractivity contribution >= 4 is 33.2 Å². The van der Waals surface area contributed by atoms with Crippen LogP contribution in [0.4, 0.5) is 5.69 Å². The second-order valence-corrected chi connectivity index (χ2v) is 9.28. The Labute approximate surface area is 170 Å². The highest BCUT2D eigenvalue weighted by Gasteiger charge is 2.27. The van der Waals surface area contributed by atoms with E-state index in [2.05, 4.69) is 12.2 Å². The molecule has 3 rings (SSSR count). The maximum atomic E-state index is 12.7. The van der Waals surface area contributed by atoms with Crippen LogP contribution in [0.3, 0.4) is 0 Å². The molecule has 6 nitrogen and oxygen atoms in total. The number of carbonyl (C=O) groups is 1. The number of amides is 1. The molecule has 1 saturated heterocycles. The molecule has 0 saturated carbocycles. The summed E-state index contributed by atoms with van der Waals surface area (Å²) in [6.45, 7) is 3.07. The van der Waals surface area contributed by atoms with Crippen molar-refractivity contribution in [3.8, 4) is 5.75 Å². The smallest absolute Gasteiger partial charge is 0.262 e. The second kappa shape index (κ2) is 8.94. The van der Waals surface area contributed by atoms with E-state index in [-0.39, 0.29) is 17.4 Å². The highest BCUT2D eigenvalue weighted by molar-refractivity contribution is 7.89. The first-order valence-corrected chi connectivity index (χ1v) is 10.9. The van der Waals surface area contributed by atoms with Gasteiger partial charge in [0.05, 0.1) is 4.90 Å². The van der Waals surface area contributed by atoms with Crippen molar-refractivity contribution in [3.05, 3.63) is 53.6 Å². The van der Waals surface area contributed by atoms with E-state index in [0.29, 0.717) is 35.5 Å². The van der Waals surface area contributed by atoms with Crippen LogP contribution in [0.25, 0.3) is 0 Å². The van der Waals surface area contributed by atoms with Gasteiger partial charge in [-0.2, -0.15) is 4.31 Å². The standard InChI is InChI=1S/C20H23ClN2O4S/c1-15-10-12-23(13-11-15)28(25,26)19-8-4-17(5-9-19)22-20(24)14-27-18-6-2-16(21)3-7-18/h2-9,15H,10-14H2,1H3,(H,22,24). The quantitative estimate of drug-likeness (QED) is 0.768. The minimum Gasteiger partial charge on any atom is -0.484 e. The number of sulfonamides is 1. The van der Waals surface area contributed by atoms with E-state index in [1.165, 1.54) is 16.4 Å². The highest BCUT2D eigenvalue weighted by atomic mass is 35.5. The Kier molecular flexibility index (Phi) is 6.59. The Bertz CT molecular complexity index is 906. The Balaban J connectivity index is 1.56. The van der Waals surface area contributed by atoms with Gasteiger partial charge in [0, 0.05) is 23.8 Å². The fourth-order valence-corrected chi connectivity index (χ4v) is 4.56. The summed E-state index contributed by atoms with van der Waals surface area (Å²) < 4.78 is 32.4. The molecule has 0 bridgehead atoms. The molecule has 1 amide bonds. The number of hydrogen-bond acceptors (Lipinski definition) is 4. The van der Waals surface area contributed by atoms with Crippen molar-refractivity contribution in [1.82, 2.24) is 4.31 Å². The third kappa shape index (κ3) is 5.25. The Morgan fingerprint density at radius 1 is 1.11 bits per heavy atom. The summed E-state index contributed by atoms with van der Waals surface area (Å²) in [7, 11) is -3.50. The highest BCUT2D eigenvalue weighted by Crippen LogP contribution is 2.24. The molecule has 2 aromatic rings. The molecule has 0 atom stereocenters. The van der Waals surface area contributed by atoms with Crippen molar-refractivity contribution < 1.29 is 17.9 Å². The van der Waals surface area contributed by atoms with Gasteiger partial charge in [-0.1, -0.05) is 18.5 Å². The van der Waals surface area contributed by atoms with Gasteiger partial charge in [-0.25, -0.2) is 8.42 Å². The molecular weight excluding hydrogens is 400 g/mol. The molecule has 0 aliphatic carbocycles. The number of ether oxygens (including phenoxy) is 1. The fraction of sp³-hybridized carbons (Fsp3) is 0.350. The average Bonchev–Trinajstić information content (AvgIpc) is 2.68. The van der Waals surface area contributed by atoms with Crippen molar-refractivity contribution in [3.63, 3.8) is 0 Å². The lowest BCUT2D eigenvalue weighted by molar-refractivity contribution is -0.118. The summed E-state index contributed by atoms with van der Waals surface area (Å²) >= 11 is 5.80. The SMILES string of the molecule is CC1CCN(S(=O)(=O)c2ccc(NC(=O)COc3ccc(Cl)cc3)cc2)CC1. The van der Waals surface area contributed by atoms with Crippen LogP contribution >= 0.6 is 11.6 Å². The lowest BCUT2D eigenvalue weighted by Gasteiger charge is -2.29. The zero-order valence-corrected chi connectivity index (χ0v) is 17.2. The molecule has 0 spiro atoms. The minimum absolute atomic E-state index is 0.159. The second-order valence-electron chi connectivity index (χ2n) is 6.90. The molecule has 150 valence electrons. The number of benzene rings is 2. The summed E-state index contributed by atoms with van der Waals surface area (Å²) in [5, 5.41) is 3.28. The normalized spacial score (nSPS) is 15.9. The summed E-state index contributed by atoms with van der Waals surface area (Å²) in [4.78, 5) is 12.3. The van der Waals surface area contributed by atoms with Crippen LogP contribution in [-0.4, -0.2) is 38.3 Å². The molecule has 0 aromatic heterocycles. The predicted molar refractivity (Wildman–Crippen MR) is 109 cm³/mol. The van der Waals surface area contributed by atoms with Gasteiger partial charge < -0.3 is 10.1 Å².